The van der Waals surface area contributed by atoms with E-state index in [-0.39, 0.29) is 11.4 Å². The van der Waals surface area contributed by atoms with Crippen molar-refractivity contribution in [1.82, 2.24) is 15.0 Å². The van der Waals surface area contributed by atoms with Crippen LogP contribution in [0.2, 0.25) is 0 Å². The van der Waals surface area contributed by atoms with Crippen LogP contribution in [0.4, 0.5) is 5.69 Å². The molecule has 0 saturated heterocycles. The van der Waals surface area contributed by atoms with E-state index in [2.05, 4.69) is 10.3 Å². The fourth-order valence-electron chi connectivity index (χ4n) is 1.54. The Labute approximate surface area is 96.8 Å². The Bertz CT molecular complexity index is 564. The van der Waals surface area contributed by atoms with Gasteiger partial charge in [-0.05, 0) is 12.1 Å². The number of benzene rings is 1. The summed E-state index contributed by atoms with van der Waals surface area (Å²) in [6.07, 6.45) is 1.58. The molecule has 0 aliphatic rings. The Kier molecular flexibility index (Phi) is 2.73. The van der Waals surface area contributed by atoms with Crippen LogP contribution in [0.3, 0.4) is 0 Å². The van der Waals surface area contributed by atoms with Crippen molar-refractivity contribution in [3.8, 4) is 17.0 Å². The van der Waals surface area contributed by atoms with Gasteiger partial charge in [-0.15, -0.1) is 5.10 Å². The number of rotatable bonds is 3. The van der Waals surface area contributed by atoms with Crippen LogP contribution in [-0.4, -0.2) is 27.0 Å². The second-order valence-corrected chi connectivity index (χ2v) is 3.39. The lowest BCUT2D eigenvalue weighted by Crippen LogP contribution is -1.96. The van der Waals surface area contributed by atoms with Crippen molar-refractivity contribution in [2.45, 2.75) is 0 Å². The van der Waals surface area contributed by atoms with Crippen LogP contribution in [0.1, 0.15) is 0 Å². The highest BCUT2D eigenvalue weighted by Gasteiger charge is 2.16. The zero-order valence-electron chi connectivity index (χ0n) is 9.32. The average molecular weight is 234 g/mol. The maximum atomic E-state index is 10.7. The van der Waals surface area contributed by atoms with E-state index in [0.717, 1.165) is 11.3 Å². The zero-order chi connectivity index (χ0) is 12.4. The summed E-state index contributed by atoms with van der Waals surface area (Å²) < 4.78 is 6.58. The molecule has 1 aromatic heterocycles. The molecule has 1 aromatic carbocycles. The number of nitro benzene ring substituents is 1. The van der Waals surface area contributed by atoms with E-state index < -0.39 is 4.92 Å². The van der Waals surface area contributed by atoms with Crippen LogP contribution in [-0.2, 0) is 7.05 Å². The largest absolute Gasteiger partial charge is 0.490 e. The molecule has 7 heteroatoms. The molecule has 2 aromatic rings. The van der Waals surface area contributed by atoms with E-state index in [1.165, 1.54) is 13.2 Å². The van der Waals surface area contributed by atoms with Gasteiger partial charge in [-0.3, -0.25) is 10.1 Å². The predicted octanol–water partition coefficient (Wildman–Crippen LogP) is 1.40. The van der Waals surface area contributed by atoms with Crippen LogP contribution >= 0.6 is 0 Å². The molecule has 0 bridgehead atoms. The molecular formula is C10H10N4O3. The summed E-state index contributed by atoms with van der Waals surface area (Å²) in [4.78, 5) is 10.3. The first-order valence-electron chi connectivity index (χ1n) is 4.81. The van der Waals surface area contributed by atoms with Gasteiger partial charge >= 0.3 is 5.69 Å². The summed E-state index contributed by atoms with van der Waals surface area (Å²) in [5.74, 6) is 0.216. The van der Waals surface area contributed by atoms with Gasteiger partial charge in [-0.1, -0.05) is 5.21 Å². The predicted molar refractivity (Wildman–Crippen MR) is 59.6 cm³/mol. The minimum atomic E-state index is -0.482. The SMILES string of the molecule is COc1cc(-c2cnnn2C)ccc1[N+](=O)[O-]. The highest BCUT2D eigenvalue weighted by molar-refractivity contribution is 5.65. The van der Waals surface area contributed by atoms with Crippen LogP contribution in [0.5, 0.6) is 5.75 Å². The molecule has 2 rings (SSSR count). The number of ether oxygens (including phenoxy) is 1. The van der Waals surface area contributed by atoms with E-state index >= 15 is 0 Å². The number of nitrogens with zero attached hydrogens (tertiary/aromatic N) is 4. The molecule has 0 unspecified atom stereocenters. The summed E-state index contributed by atoms with van der Waals surface area (Å²) in [7, 11) is 3.14. The van der Waals surface area contributed by atoms with Crippen LogP contribution in [0, 0.1) is 10.1 Å². The van der Waals surface area contributed by atoms with Crippen molar-refractivity contribution >= 4 is 5.69 Å². The van der Waals surface area contributed by atoms with Gasteiger partial charge < -0.3 is 4.74 Å². The molecule has 1 heterocycles. The lowest BCUT2D eigenvalue weighted by Gasteiger charge is -2.05. The Hall–Kier alpha value is -2.44. The van der Waals surface area contributed by atoms with E-state index in [1.807, 2.05) is 0 Å². The molecule has 7 nitrogen and oxygen atoms in total. The van der Waals surface area contributed by atoms with Gasteiger partial charge in [0.15, 0.2) is 5.75 Å². The number of hydrogen-bond acceptors (Lipinski definition) is 5. The molecule has 0 atom stereocenters. The molecule has 0 saturated carbocycles. The first kappa shape index (κ1) is 11.1. The molecule has 0 aliphatic carbocycles. The lowest BCUT2D eigenvalue weighted by atomic mass is 10.1. The monoisotopic (exact) mass is 234 g/mol. The van der Waals surface area contributed by atoms with E-state index in [4.69, 9.17) is 4.74 Å². The normalized spacial score (nSPS) is 10.2. The first-order chi connectivity index (χ1) is 8.13. The lowest BCUT2D eigenvalue weighted by molar-refractivity contribution is -0.385. The Morgan fingerprint density at radius 3 is 2.76 bits per heavy atom. The van der Waals surface area contributed by atoms with Crippen molar-refractivity contribution < 1.29 is 9.66 Å². The van der Waals surface area contributed by atoms with Crippen molar-refractivity contribution in [3.63, 3.8) is 0 Å². The third-order valence-corrected chi connectivity index (χ3v) is 2.39. The van der Waals surface area contributed by atoms with Crippen molar-refractivity contribution in [2.24, 2.45) is 7.05 Å². The topological polar surface area (TPSA) is 83.1 Å². The first-order valence-corrected chi connectivity index (χ1v) is 4.81. The van der Waals surface area contributed by atoms with Crippen LogP contribution < -0.4 is 4.74 Å². The highest BCUT2D eigenvalue weighted by Crippen LogP contribution is 2.31. The van der Waals surface area contributed by atoms with Crippen molar-refractivity contribution in [2.75, 3.05) is 7.11 Å². The summed E-state index contributed by atoms with van der Waals surface area (Å²) in [6.45, 7) is 0. The number of methoxy groups -OCH3 is 1. The van der Waals surface area contributed by atoms with Gasteiger partial charge in [0.1, 0.15) is 0 Å². The quantitative estimate of drug-likeness (QED) is 0.592. The molecule has 88 valence electrons. The molecule has 0 amide bonds. The zero-order valence-corrected chi connectivity index (χ0v) is 9.32. The van der Waals surface area contributed by atoms with Gasteiger partial charge in [-0.2, -0.15) is 0 Å². The van der Waals surface area contributed by atoms with Gasteiger partial charge in [0.05, 0.1) is 23.9 Å². The van der Waals surface area contributed by atoms with Crippen LogP contribution in [0.25, 0.3) is 11.3 Å². The van der Waals surface area contributed by atoms with Crippen molar-refractivity contribution in [3.05, 3.63) is 34.5 Å². The summed E-state index contributed by atoms with van der Waals surface area (Å²) in [5.41, 5.74) is 1.46. The molecular weight excluding hydrogens is 224 g/mol. The van der Waals surface area contributed by atoms with Gasteiger partial charge in [-0.25, -0.2) is 4.68 Å². The Morgan fingerprint density at radius 2 is 2.24 bits per heavy atom. The molecule has 0 radical (unpaired) electrons. The summed E-state index contributed by atoms with van der Waals surface area (Å²) in [5, 5.41) is 18.3. The minimum Gasteiger partial charge on any atom is -0.490 e. The van der Waals surface area contributed by atoms with E-state index in [0.29, 0.717) is 0 Å². The van der Waals surface area contributed by atoms with Gasteiger partial charge in [0.25, 0.3) is 0 Å². The second-order valence-electron chi connectivity index (χ2n) is 3.39. The number of nitro groups is 1. The number of aromatic nitrogens is 3. The standard InChI is InChI=1S/C10H10N4O3/c1-13-9(6-11-12-13)7-3-4-8(14(15)16)10(5-7)17-2/h3-6H,1-2H3. The maximum absolute atomic E-state index is 10.7. The second kappa shape index (κ2) is 4.20. The van der Waals surface area contributed by atoms with Crippen LogP contribution in [0.15, 0.2) is 24.4 Å². The number of hydrogen-bond donors (Lipinski definition) is 0. The minimum absolute atomic E-state index is 0.0635. The molecule has 0 spiro atoms. The highest BCUT2D eigenvalue weighted by atomic mass is 16.6. The molecule has 0 N–H and O–H groups in total. The van der Waals surface area contributed by atoms with E-state index in [1.54, 1.807) is 30.1 Å². The van der Waals surface area contributed by atoms with Crippen molar-refractivity contribution in [1.29, 1.82) is 0 Å². The fraction of sp³-hybridized carbons (Fsp3) is 0.200. The van der Waals surface area contributed by atoms with Gasteiger partial charge in [0, 0.05) is 18.7 Å². The molecule has 0 fully saturated rings. The Balaban J connectivity index is 2.52. The summed E-state index contributed by atoms with van der Waals surface area (Å²) >= 11 is 0. The molecule has 0 aliphatic heterocycles. The average Bonchev–Trinajstić information content (AvgIpc) is 2.74. The smallest absolute Gasteiger partial charge is 0.310 e. The third-order valence-electron chi connectivity index (χ3n) is 2.39. The third kappa shape index (κ3) is 1.94. The fourth-order valence-corrected chi connectivity index (χ4v) is 1.54. The number of aryl methyl sites for hydroxylation is 1. The van der Waals surface area contributed by atoms with E-state index in [9.17, 15) is 10.1 Å². The molecule has 17 heavy (non-hydrogen) atoms. The van der Waals surface area contributed by atoms with Gasteiger partial charge in [0.2, 0.25) is 0 Å². The Morgan fingerprint density at radius 1 is 1.47 bits per heavy atom. The summed E-state index contributed by atoms with van der Waals surface area (Å²) in [6, 6.07) is 4.64. The maximum Gasteiger partial charge on any atom is 0.310 e.